The Kier molecular flexibility index (Phi) is 5.85. The summed E-state index contributed by atoms with van der Waals surface area (Å²) in [6.45, 7) is 8.53. The normalized spacial score (nSPS) is 28.1. The van der Waals surface area contributed by atoms with E-state index >= 15 is 0 Å². The number of carbonyl (C=O) groups is 1. The van der Waals surface area contributed by atoms with Crippen molar-refractivity contribution in [2.24, 2.45) is 5.92 Å². The second-order valence-corrected chi connectivity index (χ2v) is 6.73. The van der Waals surface area contributed by atoms with Gasteiger partial charge in [-0.3, -0.25) is 4.79 Å². The lowest BCUT2D eigenvalue weighted by atomic mass is 9.91. The van der Waals surface area contributed by atoms with Crippen molar-refractivity contribution in [2.75, 3.05) is 33.2 Å². The molecule has 20 heavy (non-hydrogen) atoms. The maximum absolute atomic E-state index is 12.4. The van der Waals surface area contributed by atoms with Crippen LogP contribution in [0.15, 0.2) is 0 Å². The van der Waals surface area contributed by atoms with Crippen LogP contribution < -0.4 is 5.32 Å². The van der Waals surface area contributed by atoms with Gasteiger partial charge in [0, 0.05) is 25.7 Å². The van der Waals surface area contributed by atoms with Gasteiger partial charge in [-0.15, -0.1) is 0 Å². The van der Waals surface area contributed by atoms with E-state index < -0.39 is 0 Å². The Morgan fingerprint density at radius 1 is 1.10 bits per heavy atom. The third-order valence-electron chi connectivity index (χ3n) is 4.92. The summed E-state index contributed by atoms with van der Waals surface area (Å²) in [4.78, 5) is 16.9. The van der Waals surface area contributed by atoms with E-state index in [4.69, 9.17) is 0 Å². The van der Waals surface area contributed by atoms with Crippen LogP contribution in [0.4, 0.5) is 0 Å². The van der Waals surface area contributed by atoms with E-state index in [2.05, 4.69) is 24.2 Å². The van der Waals surface area contributed by atoms with Gasteiger partial charge in [0.05, 0.1) is 6.04 Å². The first-order chi connectivity index (χ1) is 9.58. The Balaban J connectivity index is 1.80. The average molecular weight is 281 g/mol. The fraction of sp³-hybridized carbons (Fsp3) is 0.938. The van der Waals surface area contributed by atoms with Gasteiger partial charge in [-0.05, 0) is 65.5 Å². The van der Waals surface area contributed by atoms with Gasteiger partial charge in [0.2, 0.25) is 5.91 Å². The number of carbonyl (C=O) groups excluding carboxylic acids is 1. The summed E-state index contributed by atoms with van der Waals surface area (Å²) >= 11 is 0. The number of likely N-dealkylation sites (tertiary alicyclic amines) is 2. The molecule has 1 amide bonds. The summed E-state index contributed by atoms with van der Waals surface area (Å²) in [6, 6.07) is 0.372. The highest BCUT2D eigenvalue weighted by Crippen LogP contribution is 2.19. The van der Waals surface area contributed by atoms with Crippen molar-refractivity contribution in [3.8, 4) is 0 Å². The predicted octanol–water partition coefficient (Wildman–Crippen LogP) is 1.71. The Morgan fingerprint density at radius 2 is 1.80 bits per heavy atom. The highest BCUT2D eigenvalue weighted by atomic mass is 16.2. The molecule has 4 nitrogen and oxygen atoms in total. The van der Waals surface area contributed by atoms with Gasteiger partial charge < -0.3 is 15.1 Å². The van der Waals surface area contributed by atoms with Crippen molar-refractivity contribution in [1.82, 2.24) is 15.1 Å². The molecule has 2 fully saturated rings. The average Bonchev–Trinajstić information content (AvgIpc) is 2.47. The third kappa shape index (κ3) is 4.19. The number of nitrogens with zero attached hydrogens (tertiary/aromatic N) is 2. The first-order valence-corrected chi connectivity index (χ1v) is 8.31. The maximum Gasteiger partial charge on any atom is 0.239 e. The highest BCUT2D eigenvalue weighted by Gasteiger charge is 2.27. The monoisotopic (exact) mass is 281 g/mol. The van der Waals surface area contributed by atoms with Crippen LogP contribution in [0.5, 0.6) is 0 Å². The van der Waals surface area contributed by atoms with Crippen LogP contribution in [-0.4, -0.2) is 61.0 Å². The molecule has 0 aliphatic carbocycles. The fourth-order valence-electron chi connectivity index (χ4n) is 3.60. The molecule has 2 heterocycles. The van der Waals surface area contributed by atoms with Crippen molar-refractivity contribution in [1.29, 1.82) is 0 Å². The second-order valence-electron chi connectivity index (χ2n) is 6.73. The smallest absolute Gasteiger partial charge is 0.239 e. The van der Waals surface area contributed by atoms with Crippen LogP contribution >= 0.6 is 0 Å². The fourth-order valence-corrected chi connectivity index (χ4v) is 3.60. The molecule has 0 radical (unpaired) electrons. The molecule has 2 rings (SSSR count). The minimum atomic E-state index is -0.0460. The molecule has 0 saturated carbocycles. The number of nitrogens with one attached hydrogen (secondary N) is 1. The molecule has 2 saturated heterocycles. The van der Waals surface area contributed by atoms with Gasteiger partial charge in [0.1, 0.15) is 0 Å². The second kappa shape index (κ2) is 7.41. The topological polar surface area (TPSA) is 35.6 Å². The largest absolute Gasteiger partial charge is 0.341 e. The van der Waals surface area contributed by atoms with Gasteiger partial charge >= 0.3 is 0 Å². The Hall–Kier alpha value is -0.610. The van der Waals surface area contributed by atoms with Gasteiger partial charge in [-0.2, -0.15) is 0 Å². The van der Waals surface area contributed by atoms with Crippen LogP contribution in [0.1, 0.15) is 46.0 Å². The lowest BCUT2D eigenvalue weighted by Crippen LogP contribution is -2.52. The molecule has 0 aromatic rings. The highest BCUT2D eigenvalue weighted by molar-refractivity contribution is 5.81. The van der Waals surface area contributed by atoms with Gasteiger partial charge in [0.25, 0.3) is 0 Å². The first-order valence-electron chi connectivity index (χ1n) is 8.31. The Labute approximate surface area is 123 Å². The summed E-state index contributed by atoms with van der Waals surface area (Å²) in [5.41, 5.74) is 0. The quantitative estimate of drug-likeness (QED) is 0.852. The zero-order valence-electron chi connectivity index (χ0n) is 13.4. The minimum absolute atomic E-state index is 0.0460. The number of piperidine rings is 2. The molecule has 0 aromatic carbocycles. The molecular weight excluding hydrogens is 250 g/mol. The molecule has 1 N–H and O–H groups in total. The molecule has 2 aliphatic rings. The zero-order valence-corrected chi connectivity index (χ0v) is 13.4. The zero-order chi connectivity index (χ0) is 14.5. The molecule has 0 aromatic heterocycles. The lowest BCUT2D eigenvalue weighted by molar-refractivity contribution is -0.134. The lowest BCUT2D eigenvalue weighted by Gasteiger charge is -2.36. The third-order valence-corrected chi connectivity index (χ3v) is 4.92. The van der Waals surface area contributed by atoms with E-state index in [1.54, 1.807) is 0 Å². The SMILES string of the molecule is CC(NC(C)C1CCCN(C)C1)C(=O)N1CCCCC1. The standard InChI is InChI=1S/C16H31N3O/c1-13(15-8-7-9-18(3)12-15)17-14(2)16(20)19-10-5-4-6-11-19/h13-15,17H,4-12H2,1-3H3. The van der Waals surface area contributed by atoms with E-state index in [9.17, 15) is 4.79 Å². The van der Waals surface area contributed by atoms with Crippen LogP contribution in [0.3, 0.4) is 0 Å². The molecule has 0 spiro atoms. The summed E-state index contributed by atoms with van der Waals surface area (Å²) in [7, 11) is 2.20. The first kappa shape index (κ1) is 15.8. The molecular formula is C16H31N3O. The van der Waals surface area contributed by atoms with Crippen LogP contribution in [0.2, 0.25) is 0 Å². The summed E-state index contributed by atoms with van der Waals surface area (Å²) in [5.74, 6) is 0.964. The van der Waals surface area contributed by atoms with Crippen LogP contribution in [-0.2, 0) is 4.79 Å². The van der Waals surface area contributed by atoms with Crippen LogP contribution in [0.25, 0.3) is 0 Å². The number of amides is 1. The molecule has 2 aliphatic heterocycles. The molecule has 3 unspecified atom stereocenters. The van der Waals surface area contributed by atoms with Gasteiger partial charge in [-0.25, -0.2) is 0 Å². The predicted molar refractivity (Wildman–Crippen MR) is 82.7 cm³/mol. The molecule has 4 heteroatoms. The van der Waals surface area contributed by atoms with Crippen molar-refractivity contribution < 1.29 is 4.79 Å². The summed E-state index contributed by atoms with van der Waals surface area (Å²) < 4.78 is 0. The van der Waals surface area contributed by atoms with Crippen molar-refractivity contribution in [3.05, 3.63) is 0 Å². The van der Waals surface area contributed by atoms with E-state index in [-0.39, 0.29) is 6.04 Å². The van der Waals surface area contributed by atoms with Crippen molar-refractivity contribution in [2.45, 2.75) is 58.0 Å². The van der Waals surface area contributed by atoms with Crippen molar-refractivity contribution >= 4 is 5.91 Å². The summed E-state index contributed by atoms with van der Waals surface area (Å²) in [6.07, 6.45) is 6.17. The molecule has 116 valence electrons. The van der Waals surface area contributed by atoms with E-state index in [1.165, 1.54) is 38.6 Å². The Bertz CT molecular complexity index is 315. The van der Waals surface area contributed by atoms with Crippen molar-refractivity contribution in [3.63, 3.8) is 0 Å². The Morgan fingerprint density at radius 3 is 2.45 bits per heavy atom. The molecule has 3 atom stereocenters. The minimum Gasteiger partial charge on any atom is -0.341 e. The van der Waals surface area contributed by atoms with E-state index in [1.807, 2.05) is 11.8 Å². The molecule has 0 bridgehead atoms. The van der Waals surface area contributed by atoms with E-state index in [0.717, 1.165) is 19.6 Å². The summed E-state index contributed by atoms with van der Waals surface area (Å²) in [5, 5.41) is 3.55. The van der Waals surface area contributed by atoms with Gasteiger partial charge in [0.15, 0.2) is 0 Å². The van der Waals surface area contributed by atoms with Crippen LogP contribution in [0, 0.1) is 5.92 Å². The van der Waals surface area contributed by atoms with E-state index in [0.29, 0.717) is 17.9 Å². The number of hydrogen-bond acceptors (Lipinski definition) is 3. The van der Waals surface area contributed by atoms with Gasteiger partial charge in [-0.1, -0.05) is 0 Å². The number of rotatable bonds is 4. The number of hydrogen-bond donors (Lipinski definition) is 1. The maximum atomic E-state index is 12.4.